The normalized spacial score (nSPS) is 20.5. The summed E-state index contributed by atoms with van der Waals surface area (Å²) in [7, 11) is -9.00. The van der Waals surface area contributed by atoms with Gasteiger partial charge in [-0.1, -0.05) is 67.3 Å². The minimum absolute atomic E-state index is 0.250. The molecule has 4 aromatic rings. The molecular formula is C34H26Br2F6N2O8S2. The van der Waals surface area contributed by atoms with Crippen molar-refractivity contribution in [3.8, 4) is 0 Å². The lowest BCUT2D eigenvalue weighted by Crippen LogP contribution is -2.49. The third-order valence-electron chi connectivity index (χ3n) is 8.12. The number of hydrogen-bond acceptors (Lipinski definition) is 8. The van der Waals surface area contributed by atoms with Crippen molar-refractivity contribution in [2.75, 3.05) is 13.2 Å². The molecule has 4 aromatic carbocycles. The highest BCUT2D eigenvalue weighted by Gasteiger charge is 2.48. The Morgan fingerprint density at radius 2 is 0.833 bits per heavy atom. The minimum atomic E-state index is -4.50. The van der Waals surface area contributed by atoms with Gasteiger partial charge in [0.25, 0.3) is 20.0 Å². The van der Waals surface area contributed by atoms with Gasteiger partial charge in [0.15, 0.2) is 0 Å². The molecule has 2 amide bonds. The first kappa shape index (κ1) is 41.0. The van der Waals surface area contributed by atoms with Crippen LogP contribution in [0.1, 0.15) is 34.3 Å². The van der Waals surface area contributed by atoms with Crippen molar-refractivity contribution in [2.24, 2.45) is 0 Å². The SMILES string of the molecule is Cc1ccc(S(=O)(=O)N2C(=O)OC[C@H](Br)[C@H]2c2c(F)cc(F)cc2F)cc1.Cc1ccc(S(=O)(=O)N2C(=O)OC[C@H](Br)[C@H]2c2c(F)cc(F)cc2F)cc1. The Kier molecular flexibility index (Phi) is 12.1. The highest BCUT2D eigenvalue weighted by atomic mass is 79.9. The molecule has 0 bridgehead atoms. The number of halogens is 8. The molecule has 2 heterocycles. The number of rotatable bonds is 6. The van der Waals surface area contributed by atoms with E-state index in [1.807, 2.05) is 0 Å². The highest BCUT2D eigenvalue weighted by molar-refractivity contribution is 9.09. The first-order valence-electron chi connectivity index (χ1n) is 15.4. The fourth-order valence-corrected chi connectivity index (χ4v) is 10.1. The van der Waals surface area contributed by atoms with Crippen LogP contribution in [0.15, 0.2) is 82.6 Å². The first-order valence-corrected chi connectivity index (χ1v) is 20.1. The maximum absolute atomic E-state index is 14.3. The van der Waals surface area contributed by atoms with Crippen LogP contribution in [-0.4, -0.2) is 60.5 Å². The predicted molar refractivity (Wildman–Crippen MR) is 187 cm³/mol. The Labute approximate surface area is 322 Å². The molecule has 0 radical (unpaired) electrons. The summed E-state index contributed by atoms with van der Waals surface area (Å²) in [4.78, 5) is 22.2. The third-order valence-corrected chi connectivity index (χ3v) is 13.2. The lowest BCUT2D eigenvalue weighted by Gasteiger charge is -2.37. The van der Waals surface area contributed by atoms with E-state index in [0.29, 0.717) is 24.3 Å². The van der Waals surface area contributed by atoms with Gasteiger partial charge in [-0.2, -0.15) is 8.61 Å². The summed E-state index contributed by atoms with van der Waals surface area (Å²) in [5.74, 6) is -7.54. The molecule has 2 saturated heterocycles. The molecule has 20 heteroatoms. The van der Waals surface area contributed by atoms with Crippen LogP contribution >= 0.6 is 31.9 Å². The van der Waals surface area contributed by atoms with Gasteiger partial charge in [-0.3, -0.25) is 0 Å². The second-order valence-electron chi connectivity index (χ2n) is 11.9. The molecule has 0 unspecified atom stereocenters. The van der Waals surface area contributed by atoms with Gasteiger partial charge in [0.05, 0.1) is 31.5 Å². The molecule has 10 nitrogen and oxygen atoms in total. The van der Waals surface area contributed by atoms with Gasteiger partial charge in [-0.15, -0.1) is 0 Å². The molecular weight excluding hydrogens is 902 g/mol. The van der Waals surface area contributed by atoms with Crippen molar-refractivity contribution < 1.29 is 62.2 Å². The van der Waals surface area contributed by atoms with Gasteiger partial charge in [0.2, 0.25) is 0 Å². The zero-order chi connectivity index (χ0) is 39.9. The van der Waals surface area contributed by atoms with E-state index < -0.39 is 100 Å². The number of ether oxygens (including phenoxy) is 2. The number of alkyl halides is 2. The number of sulfonamides is 2. The van der Waals surface area contributed by atoms with Crippen LogP contribution in [0.25, 0.3) is 0 Å². The molecule has 4 atom stereocenters. The van der Waals surface area contributed by atoms with Crippen LogP contribution in [0.2, 0.25) is 0 Å². The van der Waals surface area contributed by atoms with E-state index in [1.54, 1.807) is 13.8 Å². The molecule has 0 aromatic heterocycles. The second kappa shape index (κ2) is 15.9. The van der Waals surface area contributed by atoms with Gasteiger partial charge < -0.3 is 9.47 Å². The monoisotopic (exact) mass is 926 g/mol. The van der Waals surface area contributed by atoms with Crippen molar-refractivity contribution in [3.05, 3.63) is 130 Å². The van der Waals surface area contributed by atoms with Crippen molar-refractivity contribution in [1.29, 1.82) is 0 Å². The van der Waals surface area contributed by atoms with Crippen LogP contribution in [0.3, 0.4) is 0 Å². The molecule has 0 N–H and O–H groups in total. The molecule has 0 spiro atoms. The average molecular weight is 929 g/mol. The minimum Gasteiger partial charge on any atom is -0.447 e. The van der Waals surface area contributed by atoms with E-state index in [4.69, 9.17) is 9.47 Å². The molecule has 2 aliphatic rings. The van der Waals surface area contributed by atoms with Gasteiger partial charge in [-0.05, 0) is 38.1 Å². The van der Waals surface area contributed by atoms with E-state index in [2.05, 4.69) is 31.9 Å². The highest BCUT2D eigenvalue weighted by Crippen LogP contribution is 2.41. The summed E-state index contributed by atoms with van der Waals surface area (Å²) < 4.78 is 146. The third kappa shape index (κ3) is 8.11. The largest absolute Gasteiger partial charge is 0.447 e. The molecule has 2 aliphatic heterocycles. The molecule has 6 rings (SSSR count). The predicted octanol–water partition coefficient (Wildman–Crippen LogP) is 8.12. The number of benzene rings is 4. The summed E-state index contributed by atoms with van der Waals surface area (Å²) in [6.07, 6.45) is -2.56. The number of hydrogen-bond donors (Lipinski definition) is 0. The number of carbonyl (C=O) groups excluding carboxylic acids is 2. The fourth-order valence-electron chi connectivity index (χ4n) is 5.54. The van der Waals surface area contributed by atoms with Crippen LogP contribution in [0.5, 0.6) is 0 Å². The lowest BCUT2D eigenvalue weighted by atomic mass is 10.0. The summed E-state index contributed by atoms with van der Waals surface area (Å²) in [6, 6.07) is 9.64. The van der Waals surface area contributed by atoms with Crippen molar-refractivity contribution in [3.63, 3.8) is 0 Å². The lowest BCUT2D eigenvalue weighted by molar-refractivity contribution is 0.0812. The number of cyclic esters (lactones) is 2. The topological polar surface area (TPSA) is 127 Å². The van der Waals surface area contributed by atoms with E-state index >= 15 is 0 Å². The van der Waals surface area contributed by atoms with Gasteiger partial charge in [0, 0.05) is 35.4 Å². The van der Waals surface area contributed by atoms with Crippen LogP contribution in [0.4, 0.5) is 35.9 Å². The Balaban J connectivity index is 0.000000208. The van der Waals surface area contributed by atoms with Gasteiger partial charge in [0.1, 0.15) is 48.1 Å². The number of amides is 2. The molecule has 288 valence electrons. The number of carbonyl (C=O) groups is 2. The summed E-state index contributed by atoms with van der Waals surface area (Å²) in [5.41, 5.74) is 0.0673. The van der Waals surface area contributed by atoms with E-state index in [1.165, 1.54) is 48.5 Å². The maximum Gasteiger partial charge on any atom is 0.424 e. The van der Waals surface area contributed by atoms with Crippen molar-refractivity contribution >= 4 is 64.1 Å². The molecule has 54 heavy (non-hydrogen) atoms. The van der Waals surface area contributed by atoms with Crippen LogP contribution in [0, 0.1) is 48.8 Å². The Hall–Kier alpha value is -4.14. The zero-order valence-electron chi connectivity index (χ0n) is 27.7. The van der Waals surface area contributed by atoms with Gasteiger partial charge >= 0.3 is 12.2 Å². The van der Waals surface area contributed by atoms with E-state index in [9.17, 15) is 52.8 Å². The summed E-state index contributed by atoms with van der Waals surface area (Å²) >= 11 is 6.22. The average Bonchev–Trinajstić information content (AvgIpc) is 3.07. The maximum atomic E-state index is 14.3. The number of nitrogens with zero attached hydrogens (tertiary/aromatic N) is 2. The first-order chi connectivity index (χ1) is 25.2. The summed E-state index contributed by atoms with van der Waals surface area (Å²) in [5, 5.41) is 0. The molecule has 2 fully saturated rings. The Morgan fingerprint density at radius 1 is 0.556 bits per heavy atom. The van der Waals surface area contributed by atoms with Gasteiger partial charge in [-0.25, -0.2) is 52.8 Å². The Bertz CT molecular complexity index is 2110. The van der Waals surface area contributed by atoms with E-state index in [-0.39, 0.29) is 31.6 Å². The van der Waals surface area contributed by atoms with Crippen molar-refractivity contribution in [1.82, 2.24) is 8.61 Å². The van der Waals surface area contributed by atoms with Crippen molar-refractivity contribution in [2.45, 2.75) is 45.4 Å². The van der Waals surface area contributed by atoms with Crippen LogP contribution < -0.4 is 0 Å². The summed E-state index contributed by atoms with van der Waals surface area (Å²) in [6.45, 7) is 2.84. The smallest absolute Gasteiger partial charge is 0.424 e. The van der Waals surface area contributed by atoms with E-state index in [0.717, 1.165) is 11.1 Å². The van der Waals surface area contributed by atoms with Crippen LogP contribution in [-0.2, 0) is 29.5 Å². The molecule has 0 aliphatic carbocycles. The fraction of sp³-hybridized carbons (Fsp3) is 0.235. The molecule has 0 saturated carbocycles. The number of aryl methyl sites for hydroxylation is 2. The standard InChI is InChI=1S/2C17H13BrF3NO4S/c2*1-9-2-4-11(5-3-9)27(24,25)22-16(12(18)8-26-17(22)23)15-13(20)6-10(19)7-14(15)21/h2*2-7,12,16H,8H2,1H3/t2*12-,16-/m00/s1. The zero-order valence-corrected chi connectivity index (χ0v) is 32.5. The quantitative estimate of drug-likeness (QED) is 0.140. The Morgan fingerprint density at radius 3 is 1.11 bits per heavy atom. The second-order valence-corrected chi connectivity index (χ2v) is 17.9.